The second-order valence-corrected chi connectivity index (χ2v) is 6.81. The zero-order chi connectivity index (χ0) is 14.0. The number of likely N-dealkylation sites (N-methyl/N-ethyl adjacent to an activating group) is 1. The van der Waals surface area contributed by atoms with Crippen molar-refractivity contribution in [2.24, 2.45) is 0 Å². The molecule has 1 fully saturated rings. The number of benzene rings is 1. The summed E-state index contributed by atoms with van der Waals surface area (Å²) >= 11 is 0. The minimum Gasteiger partial charge on any atom is -0.316 e. The molecule has 106 valence electrons. The van der Waals surface area contributed by atoms with Crippen LogP contribution in [0.1, 0.15) is 18.4 Å². The van der Waals surface area contributed by atoms with Gasteiger partial charge < -0.3 is 5.32 Å². The molecule has 0 radical (unpaired) electrons. The molecular formula is C13H19FN2O2S. The summed E-state index contributed by atoms with van der Waals surface area (Å²) in [5, 5.41) is 3.10. The fourth-order valence-corrected chi connectivity index (χ4v) is 4.15. The van der Waals surface area contributed by atoms with Crippen molar-refractivity contribution >= 4 is 10.0 Å². The molecule has 0 aromatic heterocycles. The van der Waals surface area contributed by atoms with Gasteiger partial charge in [-0.2, -0.15) is 4.31 Å². The van der Waals surface area contributed by atoms with Gasteiger partial charge in [0.1, 0.15) is 5.82 Å². The van der Waals surface area contributed by atoms with Gasteiger partial charge in [-0.15, -0.1) is 0 Å². The quantitative estimate of drug-likeness (QED) is 0.916. The molecule has 1 N–H and O–H groups in total. The molecule has 0 spiro atoms. The Bertz CT molecular complexity index is 560. The summed E-state index contributed by atoms with van der Waals surface area (Å²) in [6.45, 7) is 2.62. The Kier molecular flexibility index (Phi) is 4.23. The van der Waals surface area contributed by atoms with Gasteiger partial charge in [0.25, 0.3) is 0 Å². The van der Waals surface area contributed by atoms with Gasteiger partial charge in [0.15, 0.2) is 0 Å². The molecule has 1 aliphatic rings. The maximum Gasteiger partial charge on any atom is 0.243 e. The monoisotopic (exact) mass is 286 g/mol. The lowest BCUT2D eigenvalue weighted by molar-refractivity contribution is 0.292. The zero-order valence-corrected chi connectivity index (χ0v) is 12.0. The molecule has 0 unspecified atom stereocenters. The van der Waals surface area contributed by atoms with Crippen LogP contribution in [0.25, 0.3) is 0 Å². The predicted molar refractivity (Wildman–Crippen MR) is 72.0 cm³/mol. The second kappa shape index (κ2) is 5.56. The normalized spacial score (nSPS) is 21.5. The van der Waals surface area contributed by atoms with E-state index in [2.05, 4.69) is 5.32 Å². The Balaban J connectivity index is 2.34. The average molecular weight is 286 g/mol. The summed E-state index contributed by atoms with van der Waals surface area (Å²) in [6.07, 6.45) is 1.78. The maximum atomic E-state index is 13.3. The minimum absolute atomic E-state index is 0.0734. The Morgan fingerprint density at radius 1 is 1.42 bits per heavy atom. The van der Waals surface area contributed by atoms with Crippen LogP contribution in [-0.2, 0) is 10.0 Å². The van der Waals surface area contributed by atoms with Gasteiger partial charge >= 0.3 is 0 Å². The van der Waals surface area contributed by atoms with Crippen molar-refractivity contribution in [3.63, 3.8) is 0 Å². The van der Waals surface area contributed by atoms with Crippen LogP contribution in [0, 0.1) is 12.7 Å². The van der Waals surface area contributed by atoms with Gasteiger partial charge in [-0.05, 0) is 44.5 Å². The molecule has 19 heavy (non-hydrogen) atoms. The second-order valence-electron chi connectivity index (χ2n) is 4.90. The number of piperidine rings is 1. The highest BCUT2D eigenvalue weighted by molar-refractivity contribution is 7.89. The van der Waals surface area contributed by atoms with E-state index in [-0.39, 0.29) is 10.9 Å². The molecule has 2 rings (SSSR count). The Morgan fingerprint density at radius 2 is 2.16 bits per heavy atom. The number of hydrogen-bond donors (Lipinski definition) is 1. The molecule has 6 heteroatoms. The first-order valence-electron chi connectivity index (χ1n) is 6.38. The highest BCUT2D eigenvalue weighted by Crippen LogP contribution is 2.24. The summed E-state index contributed by atoms with van der Waals surface area (Å²) < 4.78 is 39.8. The SMILES string of the molecule is CN[C@H]1CCCN(S(=O)(=O)c2cc(F)ccc2C)C1. The van der Waals surface area contributed by atoms with E-state index in [4.69, 9.17) is 0 Å². The van der Waals surface area contributed by atoms with Crippen molar-refractivity contribution in [1.82, 2.24) is 9.62 Å². The average Bonchev–Trinajstić information content (AvgIpc) is 2.41. The number of aryl methyl sites for hydroxylation is 1. The van der Waals surface area contributed by atoms with Crippen LogP contribution in [0.2, 0.25) is 0 Å². The Hall–Kier alpha value is -0.980. The third kappa shape index (κ3) is 2.96. The summed E-state index contributed by atoms with van der Waals surface area (Å²) in [7, 11) is -1.78. The van der Waals surface area contributed by atoms with E-state index in [1.165, 1.54) is 16.4 Å². The highest BCUT2D eigenvalue weighted by atomic mass is 32.2. The van der Waals surface area contributed by atoms with E-state index >= 15 is 0 Å². The lowest BCUT2D eigenvalue weighted by Gasteiger charge is -2.32. The smallest absolute Gasteiger partial charge is 0.243 e. The van der Waals surface area contributed by atoms with Crippen LogP contribution in [0.3, 0.4) is 0 Å². The van der Waals surface area contributed by atoms with E-state index in [1.807, 2.05) is 7.05 Å². The Labute approximate surface area is 113 Å². The van der Waals surface area contributed by atoms with E-state index in [0.29, 0.717) is 18.7 Å². The van der Waals surface area contributed by atoms with Gasteiger partial charge in [0.05, 0.1) is 4.90 Å². The molecule has 0 amide bonds. The lowest BCUT2D eigenvalue weighted by atomic mass is 10.1. The van der Waals surface area contributed by atoms with Crippen LogP contribution in [0.5, 0.6) is 0 Å². The zero-order valence-electron chi connectivity index (χ0n) is 11.2. The van der Waals surface area contributed by atoms with Crippen LogP contribution in [0.4, 0.5) is 4.39 Å². The van der Waals surface area contributed by atoms with Gasteiger partial charge in [-0.25, -0.2) is 12.8 Å². The number of rotatable bonds is 3. The van der Waals surface area contributed by atoms with Crippen molar-refractivity contribution in [3.05, 3.63) is 29.6 Å². The lowest BCUT2D eigenvalue weighted by Crippen LogP contribution is -2.46. The molecule has 0 saturated carbocycles. The summed E-state index contributed by atoms with van der Waals surface area (Å²) in [6, 6.07) is 4.05. The predicted octanol–water partition coefficient (Wildman–Crippen LogP) is 1.51. The molecule has 1 heterocycles. The van der Waals surface area contributed by atoms with Crippen LogP contribution in [0.15, 0.2) is 23.1 Å². The van der Waals surface area contributed by atoms with Crippen molar-refractivity contribution in [3.8, 4) is 0 Å². The van der Waals surface area contributed by atoms with Crippen molar-refractivity contribution < 1.29 is 12.8 Å². The van der Waals surface area contributed by atoms with E-state index in [0.717, 1.165) is 18.9 Å². The molecular weight excluding hydrogens is 267 g/mol. The third-order valence-electron chi connectivity index (χ3n) is 3.56. The molecule has 1 aromatic carbocycles. The van der Waals surface area contributed by atoms with E-state index < -0.39 is 15.8 Å². The van der Waals surface area contributed by atoms with Crippen molar-refractivity contribution in [2.75, 3.05) is 20.1 Å². The molecule has 1 saturated heterocycles. The summed E-state index contributed by atoms with van der Waals surface area (Å²) in [5.41, 5.74) is 0.577. The first-order valence-corrected chi connectivity index (χ1v) is 7.82. The number of halogens is 1. The molecule has 1 atom stereocenters. The van der Waals surface area contributed by atoms with Crippen LogP contribution in [-0.4, -0.2) is 38.9 Å². The van der Waals surface area contributed by atoms with Crippen molar-refractivity contribution in [1.29, 1.82) is 0 Å². The van der Waals surface area contributed by atoms with Crippen LogP contribution < -0.4 is 5.32 Å². The van der Waals surface area contributed by atoms with Crippen LogP contribution >= 0.6 is 0 Å². The third-order valence-corrected chi connectivity index (χ3v) is 5.57. The topological polar surface area (TPSA) is 49.4 Å². The standard InChI is InChI=1S/C13H19FN2O2S/c1-10-5-6-11(14)8-13(10)19(17,18)16-7-3-4-12(9-16)15-2/h5-6,8,12,15H,3-4,7,9H2,1-2H3/t12-/m0/s1. The van der Waals surface area contributed by atoms with Gasteiger partial charge in [0, 0.05) is 19.1 Å². The fourth-order valence-electron chi connectivity index (χ4n) is 2.39. The summed E-state index contributed by atoms with van der Waals surface area (Å²) in [4.78, 5) is 0.0734. The molecule has 0 aliphatic carbocycles. The van der Waals surface area contributed by atoms with Gasteiger partial charge in [-0.1, -0.05) is 6.07 Å². The number of sulfonamides is 1. The number of nitrogens with zero attached hydrogens (tertiary/aromatic N) is 1. The van der Waals surface area contributed by atoms with Gasteiger partial charge in [-0.3, -0.25) is 0 Å². The Morgan fingerprint density at radius 3 is 2.84 bits per heavy atom. The number of nitrogens with one attached hydrogen (secondary N) is 1. The molecule has 1 aliphatic heterocycles. The largest absolute Gasteiger partial charge is 0.316 e. The van der Waals surface area contributed by atoms with E-state index in [1.54, 1.807) is 6.92 Å². The fraction of sp³-hybridized carbons (Fsp3) is 0.538. The molecule has 4 nitrogen and oxygen atoms in total. The molecule has 0 bridgehead atoms. The summed E-state index contributed by atoms with van der Waals surface area (Å²) in [5.74, 6) is -0.522. The number of hydrogen-bond acceptors (Lipinski definition) is 3. The highest BCUT2D eigenvalue weighted by Gasteiger charge is 2.30. The van der Waals surface area contributed by atoms with Crippen molar-refractivity contribution in [2.45, 2.75) is 30.7 Å². The van der Waals surface area contributed by atoms with E-state index in [9.17, 15) is 12.8 Å². The maximum absolute atomic E-state index is 13.3. The minimum atomic E-state index is -3.60. The molecule has 1 aromatic rings. The first-order chi connectivity index (χ1) is 8.95. The van der Waals surface area contributed by atoms with Gasteiger partial charge in [0.2, 0.25) is 10.0 Å². The first kappa shape index (κ1) is 14.4.